The van der Waals surface area contributed by atoms with Crippen LogP contribution in [0.5, 0.6) is 0 Å². The van der Waals surface area contributed by atoms with E-state index in [0.29, 0.717) is 28.8 Å². The van der Waals surface area contributed by atoms with Gasteiger partial charge in [-0.15, -0.1) is 22.7 Å². The van der Waals surface area contributed by atoms with Gasteiger partial charge in [-0.2, -0.15) is 0 Å². The predicted molar refractivity (Wildman–Crippen MR) is 121 cm³/mol. The molecule has 2 amide bonds. The smallest absolute Gasteiger partial charge is 0.267 e. The Hall–Kier alpha value is -2.75. The molecule has 1 N–H and O–H groups in total. The largest absolute Gasteiger partial charge is 0.322 e. The number of thioether (sulfide) groups is 1. The Kier molecular flexibility index (Phi) is 6.41. The number of amidine groups is 1. The summed E-state index contributed by atoms with van der Waals surface area (Å²) in [5.41, 5.74) is 0.454. The molecule has 1 aliphatic heterocycles. The molecule has 0 bridgehead atoms. The summed E-state index contributed by atoms with van der Waals surface area (Å²) < 4.78 is 13.0. The molecular weight excluding hydrogens is 441 g/mol. The fraction of sp³-hybridized carbons (Fsp3) is 0.0952. The molecule has 152 valence electrons. The highest BCUT2D eigenvalue weighted by Crippen LogP contribution is 2.33. The molecule has 0 atom stereocenters. The third-order valence-electron chi connectivity index (χ3n) is 4.11. The summed E-state index contributed by atoms with van der Waals surface area (Å²) in [7, 11) is 0. The number of rotatable bonds is 6. The molecular formula is C21H16FN3O2S3. The van der Waals surface area contributed by atoms with Crippen molar-refractivity contribution in [3.8, 4) is 0 Å². The van der Waals surface area contributed by atoms with Crippen LogP contribution in [0.25, 0.3) is 0 Å². The molecule has 1 aromatic carbocycles. The zero-order valence-corrected chi connectivity index (χ0v) is 18.0. The van der Waals surface area contributed by atoms with Crippen LogP contribution >= 0.6 is 34.4 Å². The molecule has 1 saturated heterocycles. The van der Waals surface area contributed by atoms with E-state index < -0.39 is 5.91 Å². The Labute approximate surface area is 185 Å². The lowest BCUT2D eigenvalue weighted by molar-refractivity contribution is -0.123. The van der Waals surface area contributed by atoms with E-state index in [0.717, 1.165) is 9.75 Å². The minimum atomic E-state index is -0.451. The number of carbonyl (C=O) groups excluding carboxylic acids is 2. The molecule has 0 unspecified atom stereocenters. The van der Waals surface area contributed by atoms with Gasteiger partial charge in [0.1, 0.15) is 5.82 Å². The van der Waals surface area contributed by atoms with Crippen molar-refractivity contribution in [3.05, 3.63) is 85.8 Å². The second kappa shape index (κ2) is 9.38. The predicted octanol–water partition coefficient (Wildman–Crippen LogP) is 5.10. The molecule has 0 radical (unpaired) electrons. The van der Waals surface area contributed by atoms with Gasteiger partial charge in [-0.3, -0.25) is 19.5 Å². The highest BCUT2D eigenvalue weighted by molar-refractivity contribution is 8.18. The SMILES string of the molecule is O=C(/C=C1/SC(=NCc2cccs2)N(Cc2cccs2)C1=O)Nc1ccc(F)cc1. The molecule has 3 aromatic rings. The second-order valence-electron chi connectivity index (χ2n) is 6.26. The first kappa shape index (κ1) is 20.5. The van der Waals surface area contributed by atoms with E-state index in [1.54, 1.807) is 27.6 Å². The Morgan fingerprint density at radius 3 is 2.43 bits per heavy atom. The monoisotopic (exact) mass is 457 g/mol. The van der Waals surface area contributed by atoms with Gasteiger partial charge in [0.2, 0.25) is 5.91 Å². The maximum absolute atomic E-state index is 13.0. The van der Waals surface area contributed by atoms with Crippen molar-refractivity contribution >= 4 is 57.1 Å². The first-order valence-corrected chi connectivity index (χ1v) is 11.5. The maximum Gasteiger partial charge on any atom is 0.267 e. The number of halogens is 1. The van der Waals surface area contributed by atoms with Crippen LogP contribution in [-0.2, 0) is 22.7 Å². The van der Waals surface area contributed by atoms with E-state index in [-0.39, 0.29) is 11.7 Å². The lowest BCUT2D eigenvalue weighted by Crippen LogP contribution is -2.28. The Morgan fingerprint density at radius 1 is 1.07 bits per heavy atom. The van der Waals surface area contributed by atoms with Crippen molar-refractivity contribution in [2.24, 2.45) is 4.99 Å². The highest BCUT2D eigenvalue weighted by atomic mass is 32.2. The average Bonchev–Trinajstić information content (AvgIpc) is 3.48. The van der Waals surface area contributed by atoms with Crippen LogP contribution in [0.15, 0.2) is 75.3 Å². The van der Waals surface area contributed by atoms with Crippen LogP contribution in [0, 0.1) is 5.82 Å². The number of nitrogens with zero attached hydrogens (tertiary/aromatic N) is 2. The normalized spacial score (nSPS) is 16.6. The van der Waals surface area contributed by atoms with Gasteiger partial charge in [0.25, 0.3) is 5.91 Å². The van der Waals surface area contributed by atoms with E-state index in [4.69, 9.17) is 0 Å². The molecule has 5 nitrogen and oxygen atoms in total. The van der Waals surface area contributed by atoms with E-state index in [9.17, 15) is 14.0 Å². The van der Waals surface area contributed by atoms with Crippen molar-refractivity contribution in [1.29, 1.82) is 0 Å². The van der Waals surface area contributed by atoms with Crippen molar-refractivity contribution in [1.82, 2.24) is 4.90 Å². The fourth-order valence-corrected chi connectivity index (χ4v) is 4.97. The number of aliphatic imine (C=N–C) groups is 1. The van der Waals surface area contributed by atoms with Gasteiger partial charge < -0.3 is 5.32 Å². The van der Waals surface area contributed by atoms with Crippen molar-refractivity contribution in [3.63, 3.8) is 0 Å². The van der Waals surface area contributed by atoms with E-state index >= 15 is 0 Å². The third-order valence-corrected chi connectivity index (χ3v) is 6.87. The van der Waals surface area contributed by atoms with Crippen LogP contribution in [0.1, 0.15) is 9.75 Å². The molecule has 1 aliphatic rings. The molecule has 1 fully saturated rings. The Morgan fingerprint density at radius 2 is 1.77 bits per heavy atom. The lowest BCUT2D eigenvalue weighted by Gasteiger charge is -2.14. The van der Waals surface area contributed by atoms with Gasteiger partial charge >= 0.3 is 0 Å². The Balaban J connectivity index is 1.53. The zero-order chi connectivity index (χ0) is 20.9. The number of hydrogen-bond donors (Lipinski definition) is 1. The summed E-state index contributed by atoms with van der Waals surface area (Å²) in [5.74, 6) is -1.09. The molecule has 0 aliphatic carbocycles. The van der Waals surface area contributed by atoms with Gasteiger partial charge in [0.05, 0.1) is 18.0 Å². The summed E-state index contributed by atoms with van der Waals surface area (Å²) in [4.78, 5) is 34.0. The minimum Gasteiger partial charge on any atom is -0.322 e. The minimum absolute atomic E-state index is 0.257. The number of hydrogen-bond acceptors (Lipinski definition) is 6. The molecule has 9 heteroatoms. The van der Waals surface area contributed by atoms with E-state index in [1.807, 2.05) is 35.0 Å². The number of nitrogens with one attached hydrogen (secondary N) is 1. The van der Waals surface area contributed by atoms with Crippen molar-refractivity contribution in [2.75, 3.05) is 5.32 Å². The fourth-order valence-electron chi connectivity index (χ4n) is 2.70. The van der Waals surface area contributed by atoms with Crippen LogP contribution < -0.4 is 5.32 Å². The number of thiophene rings is 2. The molecule has 0 spiro atoms. The molecule has 2 aromatic heterocycles. The van der Waals surface area contributed by atoms with Crippen molar-refractivity contribution in [2.45, 2.75) is 13.1 Å². The number of carbonyl (C=O) groups is 2. The lowest BCUT2D eigenvalue weighted by atomic mass is 10.3. The summed E-state index contributed by atoms with van der Waals surface area (Å²) >= 11 is 4.35. The van der Waals surface area contributed by atoms with Gasteiger partial charge in [-0.25, -0.2) is 4.39 Å². The maximum atomic E-state index is 13.0. The number of amides is 2. The quantitative estimate of drug-likeness (QED) is 0.524. The highest BCUT2D eigenvalue weighted by Gasteiger charge is 2.34. The van der Waals surface area contributed by atoms with E-state index in [2.05, 4.69) is 10.3 Å². The topological polar surface area (TPSA) is 61.8 Å². The molecule has 3 heterocycles. The zero-order valence-electron chi connectivity index (χ0n) is 15.6. The first-order valence-electron chi connectivity index (χ1n) is 8.95. The Bertz CT molecular complexity index is 1090. The summed E-state index contributed by atoms with van der Waals surface area (Å²) in [6.07, 6.45) is 1.27. The van der Waals surface area contributed by atoms with Crippen LogP contribution in [0.4, 0.5) is 10.1 Å². The van der Waals surface area contributed by atoms with Crippen LogP contribution in [0.3, 0.4) is 0 Å². The number of anilines is 1. The summed E-state index contributed by atoms with van der Waals surface area (Å²) in [6, 6.07) is 13.3. The summed E-state index contributed by atoms with van der Waals surface area (Å²) in [5, 5.41) is 7.16. The van der Waals surface area contributed by atoms with Gasteiger partial charge in [0.15, 0.2) is 5.17 Å². The van der Waals surface area contributed by atoms with Crippen LogP contribution in [-0.4, -0.2) is 21.9 Å². The van der Waals surface area contributed by atoms with Gasteiger partial charge in [-0.1, -0.05) is 12.1 Å². The molecule has 0 saturated carbocycles. The first-order chi connectivity index (χ1) is 14.6. The van der Waals surface area contributed by atoms with E-state index in [1.165, 1.54) is 42.1 Å². The van der Waals surface area contributed by atoms with Gasteiger partial charge in [0, 0.05) is 21.5 Å². The third kappa shape index (κ3) is 5.05. The van der Waals surface area contributed by atoms with Gasteiger partial charge in [-0.05, 0) is 58.9 Å². The van der Waals surface area contributed by atoms with Crippen molar-refractivity contribution < 1.29 is 14.0 Å². The number of benzene rings is 1. The second-order valence-corrected chi connectivity index (χ2v) is 9.33. The standard InChI is InChI=1S/C21H16FN3O2S3/c22-14-5-7-15(8-6-14)24-19(26)11-18-20(27)25(13-17-4-2-10-29-17)21(30-18)23-12-16-3-1-9-28-16/h1-11H,12-13H2,(H,24,26)/b18-11+,23-21?. The average molecular weight is 458 g/mol. The molecule has 30 heavy (non-hydrogen) atoms. The van der Waals surface area contributed by atoms with Crippen LogP contribution in [0.2, 0.25) is 0 Å². The summed E-state index contributed by atoms with van der Waals surface area (Å²) in [6.45, 7) is 0.882. The molecule has 4 rings (SSSR count).